The van der Waals surface area contributed by atoms with Crippen LogP contribution in [0.25, 0.3) is 44.5 Å². The summed E-state index contributed by atoms with van der Waals surface area (Å²) in [4.78, 5) is 13.0. The molecule has 2 N–H and O–H groups in total. The lowest BCUT2D eigenvalue weighted by Crippen LogP contribution is -2.45. The molecular formula is C29H30N6. The first-order chi connectivity index (χ1) is 17.1. The second kappa shape index (κ2) is 8.71. The third-order valence-corrected chi connectivity index (χ3v) is 7.18. The molecule has 0 amide bonds. The fraction of sp³-hybridized carbons (Fsp3) is 0.241. The summed E-state index contributed by atoms with van der Waals surface area (Å²) in [6.07, 6.45) is 5.81. The predicted octanol–water partition coefficient (Wildman–Crippen LogP) is 5.66. The van der Waals surface area contributed by atoms with Crippen molar-refractivity contribution in [2.75, 3.05) is 38.1 Å². The zero-order valence-electron chi connectivity index (χ0n) is 20.5. The van der Waals surface area contributed by atoms with Crippen LogP contribution in [-0.4, -0.2) is 58.3 Å². The van der Waals surface area contributed by atoms with Crippen molar-refractivity contribution in [3.63, 3.8) is 0 Å². The maximum absolute atomic E-state index is 4.76. The first-order valence-corrected chi connectivity index (χ1v) is 12.2. The number of likely N-dealkylation sites (N-methyl/N-ethyl adjacent to an activating group) is 1. The zero-order chi connectivity index (χ0) is 23.9. The molecule has 4 heterocycles. The average Bonchev–Trinajstić information content (AvgIpc) is 3.55. The van der Waals surface area contributed by atoms with E-state index in [0.717, 1.165) is 65.2 Å². The smallest absolute Gasteiger partial charge is 0.137 e. The highest BCUT2D eigenvalue weighted by atomic mass is 15.2. The van der Waals surface area contributed by atoms with E-state index in [2.05, 4.69) is 94.5 Å². The van der Waals surface area contributed by atoms with Gasteiger partial charge in [-0.3, -0.25) is 5.10 Å². The Hall–Kier alpha value is -3.90. The number of nitrogens with zero attached hydrogens (tertiary/aromatic N) is 4. The molecule has 6 heteroatoms. The average molecular weight is 463 g/mol. The van der Waals surface area contributed by atoms with E-state index in [9.17, 15) is 0 Å². The Labute approximate surface area is 205 Å². The molecule has 5 aromatic rings. The zero-order valence-corrected chi connectivity index (χ0v) is 20.5. The molecule has 0 saturated carbocycles. The molecule has 0 atom stereocenters. The lowest BCUT2D eigenvalue weighted by Gasteiger charge is -2.36. The molecule has 0 bridgehead atoms. The topological polar surface area (TPSA) is 63.8 Å². The minimum Gasteiger partial charge on any atom is -0.369 e. The number of pyridine rings is 1. The second-order valence-corrected chi connectivity index (χ2v) is 9.62. The van der Waals surface area contributed by atoms with Crippen molar-refractivity contribution in [1.82, 2.24) is 25.1 Å². The molecule has 3 aromatic heterocycles. The van der Waals surface area contributed by atoms with Gasteiger partial charge in [0, 0.05) is 67.0 Å². The van der Waals surface area contributed by atoms with Crippen molar-refractivity contribution >= 4 is 16.7 Å². The van der Waals surface area contributed by atoms with Crippen LogP contribution in [0.2, 0.25) is 0 Å². The highest BCUT2D eigenvalue weighted by Crippen LogP contribution is 2.35. The van der Waals surface area contributed by atoms with Crippen LogP contribution in [0.1, 0.15) is 11.1 Å². The van der Waals surface area contributed by atoms with E-state index in [1.807, 2.05) is 12.3 Å². The minimum absolute atomic E-state index is 0.906. The molecule has 1 aliphatic heterocycles. The Kier molecular flexibility index (Phi) is 5.38. The van der Waals surface area contributed by atoms with Gasteiger partial charge in [-0.25, -0.2) is 4.98 Å². The molecule has 6 rings (SSSR count). The molecule has 1 fully saturated rings. The van der Waals surface area contributed by atoms with Crippen molar-refractivity contribution in [3.05, 3.63) is 78.2 Å². The van der Waals surface area contributed by atoms with Crippen LogP contribution in [0.15, 0.2) is 67.1 Å². The molecule has 1 aliphatic rings. The lowest BCUT2D eigenvalue weighted by atomic mass is 9.97. The maximum atomic E-state index is 4.76. The molecule has 0 spiro atoms. The van der Waals surface area contributed by atoms with Crippen LogP contribution < -0.4 is 4.90 Å². The number of piperazine rings is 1. The van der Waals surface area contributed by atoms with Crippen molar-refractivity contribution in [1.29, 1.82) is 0 Å². The molecule has 176 valence electrons. The first-order valence-electron chi connectivity index (χ1n) is 12.2. The van der Waals surface area contributed by atoms with Gasteiger partial charge in [0.2, 0.25) is 0 Å². The first kappa shape index (κ1) is 21.6. The van der Waals surface area contributed by atoms with E-state index in [1.165, 1.54) is 22.4 Å². The summed E-state index contributed by atoms with van der Waals surface area (Å²) in [6, 6.07) is 17.4. The van der Waals surface area contributed by atoms with Gasteiger partial charge in [0.25, 0.3) is 0 Å². The Bertz CT molecular complexity index is 1450. The lowest BCUT2D eigenvalue weighted by molar-refractivity contribution is 0.312. The summed E-state index contributed by atoms with van der Waals surface area (Å²) in [6.45, 7) is 8.85. The number of rotatable bonds is 4. The Morgan fingerprint density at radius 2 is 1.51 bits per heavy atom. The van der Waals surface area contributed by atoms with Crippen molar-refractivity contribution < 1.29 is 0 Å². The summed E-state index contributed by atoms with van der Waals surface area (Å²) in [5, 5.41) is 8.22. The van der Waals surface area contributed by atoms with Gasteiger partial charge in [0.1, 0.15) is 5.65 Å². The van der Waals surface area contributed by atoms with E-state index < -0.39 is 0 Å². The third-order valence-electron chi connectivity index (χ3n) is 7.18. The van der Waals surface area contributed by atoms with Gasteiger partial charge in [-0.1, -0.05) is 24.3 Å². The summed E-state index contributed by atoms with van der Waals surface area (Å²) in [7, 11) is 2.20. The summed E-state index contributed by atoms with van der Waals surface area (Å²) in [5.74, 6) is 0. The molecule has 0 aliphatic carbocycles. The van der Waals surface area contributed by atoms with Crippen LogP contribution in [0.4, 0.5) is 5.69 Å². The van der Waals surface area contributed by atoms with Crippen molar-refractivity contribution in [2.45, 2.75) is 13.8 Å². The van der Waals surface area contributed by atoms with Gasteiger partial charge in [-0.15, -0.1) is 0 Å². The minimum atomic E-state index is 0.906. The number of aryl methyl sites for hydroxylation is 2. The molecule has 2 aromatic carbocycles. The Morgan fingerprint density at radius 3 is 2.20 bits per heavy atom. The van der Waals surface area contributed by atoms with Crippen molar-refractivity contribution in [2.24, 2.45) is 0 Å². The van der Waals surface area contributed by atoms with E-state index in [-0.39, 0.29) is 0 Å². The van der Waals surface area contributed by atoms with Crippen molar-refractivity contribution in [3.8, 4) is 33.5 Å². The number of benzene rings is 2. The molecule has 0 unspecified atom stereocenters. The van der Waals surface area contributed by atoms with Crippen LogP contribution >= 0.6 is 0 Å². The van der Waals surface area contributed by atoms with Crippen LogP contribution in [0, 0.1) is 13.8 Å². The largest absolute Gasteiger partial charge is 0.369 e. The number of aromatic amines is 2. The second-order valence-electron chi connectivity index (χ2n) is 9.62. The number of hydrogen-bond acceptors (Lipinski definition) is 4. The molecule has 1 saturated heterocycles. The van der Waals surface area contributed by atoms with Gasteiger partial charge in [-0.2, -0.15) is 5.10 Å². The van der Waals surface area contributed by atoms with E-state index in [1.54, 1.807) is 6.20 Å². The van der Waals surface area contributed by atoms with Crippen LogP contribution in [0.5, 0.6) is 0 Å². The number of anilines is 1. The molecule has 6 nitrogen and oxygen atoms in total. The molecular weight excluding hydrogens is 432 g/mol. The van der Waals surface area contributed by atoms with Gasteiger partial charge in [0.15, 0.2) is 0 Å². The third kappa shape index (κ3) is 4.00. The number of H-pyrrole nitrogens is 2. The van der Waals surface area contributed by atoms with Gasteiger partial charge in [-0.05, 0) is 73.0 Å². The summed E-state index contributed by atoms with van der Waals surface area (Å²) in [5.41, 5.74) is 11.8. The Morgan fingerprint density at radius 1 is 0.800 bits per heavy atom. The SMILES string of the molecule is Cc1cc(-c2cnc3[nH]cc(-c4ccc(-c5ccn[nH]5)cc4)c3c2)cc(C)c1N1CCN(C)CC1. The summed E-state index contributed by atoms with van der Waals surface area (Å²) < 4.78 is 0. The predicted molar refractivity (Wildman–Crippen MR) is 144 cm³/mol. The molecule has 0 radical (unpaired) electrons. The fourth-order valence-electron chi connectivity index (χ4n) is 5.30. The number of hydrogen-bond donors (Lipinski definition) is 2. The fourth-order valence-corrected chi connectivity index (χ4v) is 5.30. The Balaban J connectivity index is 1.34. The number of aromatic nitrogens is 4. The van der Waals surface area contributed by atoms with Gasteiger partial charge in [0.05, 0.1) is 5.69 Å². The maximum Gasteiger partial charge on any atom is 0.137 e. The monoisotopic (exact) mass is 462 g/mol. The highest BCUT2D eigenvalue weighted by molar-refractivity contribution is 5.96. The quantitative estimate of drug-likeness (QED) is 0.362. The number of nitrogens with one attached hydrogen (secondary N) is 2. The van der Waals surface area contributed by atoms with Gasteiger partial charge >= 0.3 is 0 Å². The summed E-state index contributed by atoms with van der Waals surface area (Å²) >= 11 is 0. The van der Waals surface area contributed by atoms with Crippen LogP contribution in [0.3, 0.4) is 0 Å². The van der Waals surface area contributed by atoms with Gasteiger partial charge < -0.3 is 14.8 Å². The van der Waals surface area contributed by atoms with Crippen LogP contribution in [-0.2, 0) is 0 Å². The van der Waals surface area contributed by atoms with E-state index in [4.69, 9.17) is 4.98 Å². The van der Waals surface area contributed by atoms with E-state index >= 15 is 0 Å². The standard InChI is InChI=1S/C29H30N6/c1-19-14-23(15-20(2)28(19)35-12-10-34(3)11-13-35)24-16-25-26(18-31-29(25)30-17-24)21-4-6-22(7-5-21)27-8-9-32-33-27/h4-9,14-18H,10-13H2,1-3H3,(H,30,31)(H,32,33). The normalized spacial score (nSPS) is 14.7. The van der Waals surface area contributed by atoms with E-state index in [0.29, 0.717) is 0 Å². The highest BCUT2D eigenvalue weighted by Gasteiger charge is 2.19. The number of fused-ring (bicyclic) bond motifs is 1. The molecule has 35 heavy (non-hydrogen) atoms.